The van der Waals surface area contributed by atoms with Crippen LogP contribution in [0.1, 0.15) is 35.3 Å². The maximum Gasteiger partial charge on any atom is 0.255 e. The lowest BCUT2D eigenvalue weighted by atomic mass is 10.1. The van der Waals surface area contributed by atoms with Crippen molar-refractivity contribution in [2.75, 3.05) is 28.6 Å². The number of thiazole rings is 1. The van der Waals surface area contributed by atoms with Gasteiger partial charge in [-0.05, 0) is 68.7 Å². The van der Waals surface area contributed by atoms with Crippen LogP contribution >= 0.6 is 11.3 Å². The van der Waals surface area contributed by atoms with E-state index in [1.54, 1.807) is 11.6 Å². The molecule has 32 heavy (non-hydrogen) atoms. The van der Waals surface area contributed by atoms with E-state index in [9.17, 15) is 4.79 Å². The molecule has 4 aromatic rings. The highest BCUT2D eigenvalue weighted by Gasteiger charge is 2.14. The summed E-state index contributed by atoms with van der Waals surface area (Å²) in [5.41, 5.74) is 5.83. The average molecular weight is 445 g/mol. The van der Waals surface area contributed by atoms with Gasteiger partial charge in [0.25, 0.3) is 5.91 Å². The lowest BCUT2D eigenvalue weighted by Crippen LogP contribution is -2.30. The molecule has 162 valence electrons. The summed E-state index contributed by atoms with van der Waals surface area (Å²) in [5, 5.41) is 6.23. The molecule has 2 aromatic carbocycles. The fourth-order valence-electron chi connectivity index (χ4n) is 3.86. The van der Waals surface area contributed by atoms with Crippen LogP contribution in [0.25, 0.3) is 10.2 Å². The molecule has 7 nitrogen and oxygen atoms in total. The van der Waals surface area contributed by atoms with Gasteiger partial charge in [-0.15, -0.1) is 11.3 Å². The van der Waals surface area contributed by atoms with E-state index in [1.807, 2.05) is 49.4 Å². The van der Waals surface area contributed by atoms with Gasteiger partial charge in [-0.3, -0.25) is 4.79 Å². The van der Waals surface area contributed by atoms with Gasteiger partial charge in [-0.1, -0.05) is 0 Å². The van der Waals surface area contributed by atoms with Gasteiger partial charge in [-0.25, -0.2) is 9.97 Å². The first-order chi connectivity index (χ1) is 15.6. The number of hydrogen-bond acceptors (Lipinski definition) is 7. The number of rotatable bonds is 5. The molecule has 1 amide bonds. The van der Waals surface area contributed by atoms with Gasteiger partial charge in [0.15, 0.2) is 0 Å². The summed E-state index contributed by atoms with van der Waals surface area (Å²) < 4.78 is 0.999. The van der Waals surface area contributed by atoms with Crippen LogP contribution in [0, 0.1) is 6.92 Å². The standard InChI is InChI=1S/C24H24N6OS/c1-16-13-22(30-11-3-2-4-12-30)29-24(26-16)28-19-8-6-18(7-9-19)27-23(31)17-5-10-20-21(14-17)32-15-25-20/h5-10,13-15H,2-4,11-12H2,1H3,(H,27,31)(H,26,28,29). The van der Waals surface area contributed by atoms with Crippen LogP contribution in [0.3, 0.4) is 0 Å². The van der Waals surface area contributed by atoms with Gasteiger partial charge in [-0.2, -0.15) is 4.98 Å². The van der Waals surface area contributed by atoms with E-state index in [1.165, 1.54) is 30.6 Å². The van der Waals surface area contributed by atoms with Crippen molar-refractivity contribution in [3.63, 3.8) is 0 Å². The van der Waals surface area contributed by atoms with Crippen LogP contribution < -0.4 is 15.5 Å². The average Bonchev–Trinajstić information content (AvgIpc) is 3.28. The number of aryl methyl sites for hydroxylation is 1. The lowest BCUT2D eigenvalue weighted by molar-refractivity contribution is 0.102. The Morgan fingerprint density at radius 3 is 2.56 bits per heavy atom. The third-order valence-electron chi connectivity index (χ3n) is 5.51. The first-order valence-electron chi connectivity index (χ1n) is 10.8. The van der Waals surface area contributed by atoms with Crippen molar-refractivity contribution in [1.29, 1.82) is 0 Å². The summed E-state index contributed by atoms with van der Waals surface area (Å²) in [6, 6.07) is 15.1. The molecule has 0 atom stereocenters. The number of aromatic nitrogens is 3. The molecule has 3 heterocycles. The maximum atomic E-state index is 12.6. The first kappa shape index (κ1) is 20.4. The van der Waals surface area contributed by atoms with Crippen molar-refractivity contribution in [2.24, 2.45) is 0 Å². The molecule has 1 fully saturated rings. The molecule has 0 unspecified atom stereocenters. The van der Waals surface area contributed by atoms with Crippen LogP contribution in [-0.4, -0.2) is 33.9 Å². The molecule has 1 saturated heterocycles. The highest BCUT2D eigenvalue weighted by atomic mass is 32.1. The highest BCUT2D eigenvalue weighted by Crippen LogP contribution is 2.23. The van der Waals surface area contributed by atoms with Crippen molar-refractivity contribution in [3.05, 3.63) is 65.3 Å². The Hall–Kier alpha value is -3.52. The van der Waals surface area contributed by atoms with Crippen molar-refractivity contribution < 1.29 is 4.79 Å². The molecule has 5 rings (SSSR count). The van der Waals surface area contributed by atoms with Gasteiger partial charge >= 0.3 is 0 Å². The van der Waals surface area contributed by atoms with E-state index in [4.69, 9.17) is 4.98 Å². The Labute approximate surface area is 190 Å². The second-order valence-electron chi connectivity index (χ2n) is 7.93. The SMILES string of the molecule is Cc1cc(N2CCCCC2)nc(Nc2ccc(NC(=O)c3ccc4ncsc4c3)cc2)n1. The number of nitrogens with one attached hydrogen (secondary N) is 2. The number of carbonyl (C=O) groups is 1. The van der Waals surface area contributed by atoms with E-state index < -0.39 is 0 Å². The zero-order valence-corrected chi connectivity index (χ0v) is 18.7. The van der Waals surface area contributed by atoms with Crippen LogP contribution in [0.5, 0.6) is 0 Å². The predicted molar refractivity (Wildman–Crippen MR) is 130 cm³/mol. The van der Waals surface area contributed by atoms with E-state index in [-0.39, 0.29) is 5.91 Å². The Kier molecular flexibility index (Phi) is 5.68. The fraction of sp³-hybridized carbons (Fsp3) is 0.250. The Bertz CT molecular complexity index is 1250. The fourth-order valence-corrected chi connectivity index (χ4v) is 4.57. The number of benzene rings is 2. The van der Waals surface area contributed by atoms with Crippen LogP contribution in [0.4, 0.5) is 23.1 Å². The first-order valence-corrected chi connectivity index (χ1v) is 11.6. The van der Waals surface area contributed by atoms with Crippen molar-refractivity contribution in [3.8, 4) is 0 Å². The molecule has 8 heteroatoms. The topological polar surface area (TPSA) is 83.0 Å². The molecule has 2 aromatic heterocycles. The third kappa shape index (κ3) is 4.55. The second-order valence-corrected chi connectivity index (χ2v) is 8.82. The molecular weight excluding hydrogens is 420 g/mol. The van der Waals surface area contributed by atoms with Gasteiger partial charge < -0.3 is 15.5 Å². The molecule has 0 radical (unpaired) electrons. The molecule has 0 spiro atoms. The van der Waals surface area contributed by atoms with Crippen LogP contribution in [0.2, 0.25) is 0 Å². The molecule has 0 aliphatic carbocycles. The third-order valence-corrected chi connectivity index (χ3v) is 6.30. The Morgan fingerprint density at radius 2 is 1.75 bits per heavy atom. The van der Waals surface area contributed by atoms with Gasteiger partial charge in [0.05, 0.1) is 15.7 Å². The minimum atomic E-state index is -0.144. The zero-order chi connectivity index (χ0) is 21.9. The number of fused-ring (bicyclic) bond motifs is 1. The number of piperidine rings is 1. The molecule has 2 N–H and O–H groups in total. The number of anilines is 4. The summed E-state index contributed by atoms with van der Waals surface area (Å²) in [6.07, 6.45) is 3.70. The summed E-state index contributed by atoms with van der Waals surface area (Å²) in [5.74, 6) is 1.41. The molecule has 0 saturated carbocycles. The number of carbonyl (C=O) groups excluding carboxylic acids is 1. The monoisotopic (exact) mass is 444 g/mol. The summed E-state index contributed by atoms with van der Waals surface area (Å²) in [6.45, 7) is 4.07. The Morgan fingerprint density at radius 1 is 0.969 bits per heavy atom. The quantitative estimate of drug-likeness (QED) is 0.430. The van der Waals surface area contributed by atoms with E-state index in [0.29, 0.717) is 11.5 Å². The van der Waals surface area contributed by atoms with Crippen LogP contribution in [-0.2, 0) is 0 Å². The van der Waals surface area contributed by atoms with Gasteiger partial charge in [0.1, 0.15) is 5.82 Å². The summed E-state index contributed by atoms with van der Waals surface area (Å²) >= 11 is 1.52. The van der Waals surface area contributed by atoms with Crippen molar-refractivity contribution in [2.45, 2.75) is 26.2 Å². The van der Waals surface area contributed by atoms with Gasteiger partial charge in [0, 0.05) is 41.8 Å². The second kappa shape index (κ2) is 8.92. The van der Waals surface area contributed by atoms with Crippen LogP contribution in [0.15, 0.2) is 54.0 Å². The van der Waals surface area contributed by atoms with E-state index in [2.05, 4.69) is 25.5 Å². The van der Waals surface area contributed by atoms with E-state index in [0.717, 1.165) is 46.2 Å². The van der Waals surface area contributed by atoms with Crippen molar-refractivity contribution >= 4 is 50.6 Å². The molecule has 1 aliphatic rings. The predicted octanol–water partition coefficient (Wildman–Crippen LogP) is 5.38. The largest absolute Gasteiger partial charge is 0.356 e. The summed E-state index contributed by atoms with van der Waals surface area (Å²) in [4.78, 5) is 28.4. The normalized spacial score (nSPS) is 13.8. The summed E-state index contributed by atoms with van der Waals surface area (Å²) in [7, 11) is 0. The minimum Gasteiger partial charge on any atom is -0.356 e. The number of amides is 1. The Balaban J connectivity index is 1.26. The van der Waals surface area contributed by atoms with E-state index >= 15 is 0 Å². The van der Waals surface area contributed by atoms with Gasteiger partial charge in [0.2, 0.25) is 5.95 Å². The van der Waals surface area contributed by atoms with Crippen molar-refractivity contribution in [1.82, 2.24) is 15.0 Å². The zero-order valence-electron chi connectivity index (χ0n) is 17.8. The number of hydrogen-bond donors (Lipinski definition) is 2. The molecule has 1 aliphatic heterocycles. The number of nitrogens with zero attached hydrogens (tertiary/aromatic N) is 4. The maximum absolute atomic E-state index is 12.6. The lowest BCUT2D eigenvalue weighted by Gasteiger charge is -2.28. The molecule has 0 bridgehead atoms. The smallest absolute Gasteiger partial charge is 0.255 e. The molecular formula is C24H24N6OS. The minimum absolute atomic E-state index is 0.144. The highest BCUT2D eigenvalue weighted by molar-refractivity contribution is 7.16.